The quantitative estimate of drug-likeness (QED) is 0.401. The minimum atomic E-state index is 0.587. The van der Waals surface area contributed by atoms with Crippen LogP contribution in [0.4, 0.5) is 0 Å². The highest BCUT2D eigenvalue weighted by Crippen LogP contribution is 2.26. The Morgan fingerprint density at radius 2 is 1.74 bits per heavy atom. The normalized spacial score (nSPS) is 11.1. The summed E-state index contributed by atoms with van der Waals surface area (Å²) in [5.74, 6) is 0. The van der Waals surface area contributed by atoms with Gasteiger partial charge in [-0.25, -0.2) is 0 Å². The third-order valence-corrected chi connectivity index (χ3v) is 4.14. The van der Waals surface area contributed by atoms with Crippen molar-refractivity contribution in [3.8, 4) is 5.69 Å². The molecule has 0 saturated carbocycles. The van der Waals surface area contributed by atoms with Crippen molar-refractivity contribution in [1.29, 1.82) is 0 Å². The number of H-pyrrole nitrogens is 1. The van der Waals surface area contributed by atoms with Gasteiger partial charge in [0.2, 0.25) is 0 Å². The van der Waals surface area contributed by atoms with Gasteiger partial charge >= 0.3 is 0 Å². The lowest BCUT2D eigenvalue weighted by Gasteiger charge is -2.06. The van der Waals surface area contributed by atoms with Crippen LogP contribution in [0, 0.1) is 8.34 Å². The first-order chi connectivity index (χ1) is 9.04. The van der Waals surface area contributed by atoms with Crippen molar-refractivity contribution < 1.29 is 0 Å². The van der Waals surface area contributed by atoms with Crippen molar-refractivity contribution in [2.24, 2.45) is 0 Å². The molecule has 0 unspecified atom stereocenters. The summed E-state index contributed by atoms with van der Waals surface area (Å²) in [5, 5.41) is 1.17. The monoisotopic (exact) mass is 420 g/mol. The standard InChI is InChI=1S/C13H7Cl2IN2S/c14-7-3-8(15)5-10(4-7)18-12-2-1-9(16)6-11(12)17-13(18)19/h1-6H,(H,17,19). The van der Waals surface area contributed by atoms with Crippen molar-refractivity contribution in [2.75, 3.05) is 0 Å². The summed E-state index contributed by atoms with van der Waals surface area (Å²) in [7, 11) is 0. The molecule has 0 fully saturated rings. The van der Waals surface area contributed by atoms with E-state index in [9.17, 15) is 0 Å². The predicted molar refractivity (Wildman–Crippen MR) is 91.2 cm³/mol. The topological polar surface area (TPSA) is 20.7 Å². The highest BCUT2D eigenvalue weighted by molar-refractivity contribution is 14.1. The van der Waals surface area contributed by atoms with Gasteiger partial charge in [0, 0.05) is 13.6 Å². The number of nitrogens with one attached hydrogen (secondary N) is 1. The van der Waals surface area contributed by atoms with Gasteiger partial charge in [-0.3, -0.25) is 4.57 Å². The van der Waals surface area contributed by atoms with Crippen LogP contribution < -0.4 is 0 Å². The Kier molecular flexibility index (Phi) is 3.59. The molecule has 0 bridgehead atoms. The van der Waals surface area contributed by atoms with E-state index in [2.05, 4.69) is 27.6 Å². The molecule has 0 aliphatic heterocycles. The van der Waals surface area contributed by atoms with Gasteiger partial charge in [-0.2, -0.15) is 0 Å². The van der Waals surface area contributed by atoms with Gasteiger partial charge < -0.3 is 4.98 Å². The molecule has 0 saturated heterocycles. The zero-order valence-corrected chi connectivity index (χ0v) is 13.9. The predicted octanol–water partition coefficient (Wildman–Crippen LogP) is 5.60. The van der Waals surface area contributed by atoms with Crippen LogP contribution in [0.15, 0.2) is 36.4 Å². The second kappa shape index (κ2) is 5.09. The molecule has 0 aliphatic carbocycles. The van der Waals surface area contributed by atoms with Crippen LogP contribution in [0.2, 0.25) is 10.0 Å². The molecule has 3 rings (SSSR count). The van der Waals surface area contributed by atoms with Crippen LogP contribution in [0.25, 0.3) is 16.7 Å². The van der Waals surface area contributed by atoms with Crippen LogP contribution in [0.5, 0.6) is 0 Å². The van der Waals surface area contributed by atoms with E-state index in [1.807, 2.05) is 34.9 Å². The van der Waals surface area contributed by atoms with E-state index in [1.165, 1.54) is 0 Å². The first kappa shape index (κ1) is 13.4. The number of rotatable bonds is 1. The molecule has 3 aromatic rings. The minimum Gasteiger partial charge on any atom is -0.330 e. The number of imidazole rings is 1. The molecule has 2 nitrogen and oxygen atoms in total. The molecule has 2 aromatic carbocycles. The molecule has 0 aliphatic rings. The summed E-state index contributed by atoms with van der Waals surface area (Å²) in [6.45, 7) is 0. The van der Waals surface area contributed by atoms with E-state index in [-0.39, 0.29) is 0 Å². The van der Waals surface area contributed by atoms with Crippen LogP contribution in [0.1, 0.15) is 0 Å². The van der Waals surface area contributed by atoms with Crippen molar-refractivity contribution >= 4 is 69.0 Å². The van der Waals surface area contributed by atoms with E-state index >= 15 is 0 Å². The summed E-state index contributed by atoms with van der Waals surface area (Å²) in [6, 6.07) is 11.5. The van der Waals surface area contributed by atoms with Crippen LogP contribution in [-0.2, 0) is 0 Å². The lowest BCUT2D eigenvalue weighted by Crippen LogP contribution is -1.94. The van der Waals surface area contributed by atoms with E-state index in [0.717, 1.165) is 20.3 Å². The van der Waals surface area contributed by atoms with Gasteiger partial charge in [0.25, 0.3) is 0 Å². The summed E-state index contributed by atoms with van der Waals surface area (Å²) in [6.07, 6.45) is 0. The lowest BCUT2D eigenvalue weighted by molar-refractivity contribution is 1.07. The highest BCUT2D eigenvalue weighted by Gasteiger charge is 2.08. The number of hydrogen-bond donors (Lipinski definition) is 1. The molecule has 0 amide bonds. The molecular formula is C13H7Cl2IN2S. The van der Waals surface area contributed by atoms with Crippen molar-refractivity contribution in [2.45, 2.75) is 0 Å². The first-order valence-electron chi connectivity index (χ1n) is 5.41. The molecule has 19 heavy (non-hydrogen) atoms. The molecule has 6 heteroatoms. The SMILES string of the molecule is S=c1[nH]c2cc(I)ccc2n1-c1cc(Cl)cc(Cl)c1. The number of aromatic nitrogens is 2. The van der Waals surface area contributed by atoms with Crippen molar-refractivity contribution in [1.82, 2.24) is 9.55 Å². The Bertz CT molecular complexity index is 818. The van der Waals surface area contributed by atoms with Gasteiger partial charge in [-0.05, 0) is 71.2 Å². The molecular weight excluding hydrogens is 414 g/mol. The summed E-state index contributed by atoms with van der Waals surface area (Å²) in [4.78, 5) is 3.19. The Balaban J connectivity index is 2.36. The van der Waals surface area contributed by atoms with E-state index in [4.69, 9.17) is 35.4 Å². The minimum absolute atomic E-state index is 0.587. The largest absolute Gasteiger partial charge is 0.330 e. The Morgan fingerprint density at radius 1 is 1.05 bits per heavy atom. The number of nitrogens with zero attached hydrogens (tertiary/aromatic N) is 1. The van der Waals surface area contributed by atoms with Gasteiger partial charge in [-0.1, -0.05) is 23.2 Å². The van der Waals surface area contributed by atoms with E-state index in [1.54, 1.807) is 6.07 Å². The fraction of sp³-hybridized carbons (Fsp3) is 0. The maximum atomic E-state index is 6.05. The van der Waals surface area contributed by atoms with Gasteiger partial charge in [0.15, 0.2) is 4.77 Å². The first-order valence-corrected chi connectivity index (χ1v) is 7.65. The molecule has 1 aromatic heterocycles. The fourth-order valence-corrected chi connectivity index (χ4v) is 3.33. The van der Waals surface area contributed by atoms with Crippen molar-refractivity contribution in [3.63, 3.8) is 0 Å². The second-order valence-electron chi connectivity index (χ2n) is 4.05. The molecule has 0 spiro atoms. The van der Waals surface area contributed by atoms with E-state index < -0.39 is 0 Å². The zero-order chi connectivity index (χ0) is 13.6. The molecule has 96 valence electrons. The fourth-order valence-electron chi connectivity index (χ4n) is 2.01. The third kappa shape index (κ3) is 2.54. The third-order valence-electron chi connectivity index (χ3n) is 2.75. The number of aromatic amines is 1. The smallest absolute Gasteiger partial charge is 0.182 e. The maximum absolute atomic E-state index is 6.05. The maximum Gasteiger partial charge on any atom is 0.182 e. The molecule has 1 heterocycles. The number of halogens is 3. The lowest BCUT2D eigenvalue weighted by atomic mass is 10.3. The molecule has 1 N–H and O–H groups in total. The van der Waals surface area contributed by atoms with Gasteiger partial charge in [0.05, 0.1) is 16.7 Å². The summed E-state index contributed by atoms with van der Waals surface area (Å²) < 4.78 is 3.70. The van der Waals surface area contributed by atoms with Crippen LogP contribution >= 0.6 is 58.0 Å². The van der Waals surface area contributed by atoms with Crippen LogP contribution in [-0.4, -0.2) is 9.55 Å². The Morgan fingerprint density at radius 3 is 2.42 bits per heavy atom. The van der Waals surface area contributed by atoms with E-state index in [0.29, 0.717) is 14.8 Å². The number of benzene rings is 2. The highest BCUT2D eigenvalue weighted by atomic mass is 127. The summed E-state index contributed by atoms with van der Waals surface area (Å²) >= 11 is 19.8. The Labute approximate surface area is 138 Å². The summed E-state index contributed by atoms with van der Waals surface area (Å²) in [5.41, 5.74) is 2.85. The number of hydrogen-bond acceptors (Lipinski definition) is 1. The van der Waals surface area contributed by atoms with Crippen molar-refractivity contribution in [3.05, 3.63) is 54.8 Å². The molecule has 0 radical (unpaired) electrons. The average Bonchev–Trinajstić information content (AvgIpc) is 2.62. The van der Waals surface area contributed by atoms with Gasteiger partial charge in [0.1, 0.15) is 0 Å². The second-order valence-corrected chi connectivity index (χ2v) is 6.56. The Hall–Kier alpha value is -0.560. The van der Waals surface area contributed by atoms with Crippen LogP contribution in [0.3, 0.4) is 0 Å². The zero-order valence-electron chi connectivity index (χ0n) is 9.45. The number of fused-ring (bicyclic) bond motifs is 1. The molecule has 0 atom stereocenters. The average molecular weight is 421 g/mol. The van der Waals surface area contributed by atoms with Gasteiger partial charge in [-0.15, -0.1) is 0 Å².